The van der Waals surface area contributed by atoms with Gasteiger partial charge in [-0.05, 0) is 139 Å². The van der Waals surface area contributed by atoms with E-state index in [0.717, 1.165) is 11.1 Å². The zero-order valence-corrected chi connectivity index (χ0v) is 63.4. The highest BCUT2D eigenvalue weighted by Crippen LogP contribution is 2.63. The molecule has 2 unspecified atom stereocenters. The summed E-state index contributed by atoms with van der Waals surface area (Å²) in [5.41, 5.74) is 32.1. The Kier molecular flexibility index (Phi) is 25.1. The predicted molar refractivity (Wildman–Crippen MR) is 394 cm³/mol. The molecule has 2 aromatic heterocycles. The van der Waals surface area contributed by atoms with Gasteiger partial charge >= 0.3 is 13.8 Å². The van der Waals surface area contributed by atoms with Gasteiger partial charge in [0.1, 0.15) is 18.3 Å². The van der Waals surface area contributed by atoms with Crippen molar-refractivity contribution >= 4 is 83.3 Å². The van der Waals surface area contributed by atoms with E-state index in [4.69, 9.17) is 57.4 Å². The van der Waals surface area contributed by atoms with Crippen molar-refractivity contribution in [2.45, 2.75) is 208 Å². The number of hydrogen-bond donors (Lipinski definition) is 12. The summed E-state index contributed by atoms with van der Waals surface area (Å²) in [6, 6.07) is 8.07. The second-order valence-corrected chi connectivity index (χ2v) is 32.5. The molecule has 0 radical (unpaired) electrons. The first-order valence-electron chi connectivity index (χ1n) is 36.2. The number of primary amides is 5. The van der Waals surface area contributed by atoms with E-state index in [9.17, 15) is 63.1 Å². The van der Waals surface area contributed by atoms with E-state index in [1.165, 1.54) is 13.3 Å². The van der Waals surface area contributed by atoms with Crippen LogP contribution in [-0.2, 0) is 63.3 Å². The third kappa shape index (κ3) is 17.3. The number of pyridine rings is 1. The molecule has 3 aromatic rings. The molecule has 1 aromatic carbocycles. The standard InChI is InChI=1S/C74H106N15O16P/c1-39-28-50-51(29-40(39)2)89(38-83-50)69-64(100)65(52(37-90)103-69)105-106(101,102)104-41(3)34-82-59(96)23-24-71(8)48(30-57(78)94)68-74(11)73(10,32-58(79)95)47(19-22-56(77)93)63(87-74)43(5)67-72(9,33-60(97)81-26-14-15-27-88(36-61(98)99)35-44-16-12-13-25-80-44)45(17-20-54(75)91)49(84-67)31-53-70(6,7)46(18-21-55(76)92)62(85-53)42(4)66(71)86-68/h12-13,16,25,28-29,31,38,41,45-48,52,64-65,68-69,84,90,100H,14-15,17-24,26-27,30,32-37H2,1-11H3,(H2,75,91)(H2,76,92)(H2,77,93)(H2,78,94)(H2,79,95)(H,81,97)(H,82,96)(H,98,99)(H,101,102)/b49-31-,62-42-,67-43-/t41-,45-,46-,47-,48+,52+,64-,65-,68-,69?,71-,72+,73+,74+/m1/s1. The lowest BCUT2D eigenvalue weighted by Gasteiger charge is -2.48. The summed E-state index contributed by atoms with van der Waals surface area (Å²) in [5.74, 6) is -8.16. The van der Waals surface area contributed by atoms with E-state index >= 15 is 0 Å². The molecular weight excluding hydrogens is 1390 g/mol. The molecule has 0 aliphatic carbocycles. The average Bonchev–Trinajstić information content (AvgIpc) is 1.53. The van der Waals surface area contributed by atoms with Crippen LogP contribution in [0.25, 0.3) is 11.0 Å². The number of aliphatic carboxylic acids is 1. The lowest BCUT2D eigenvalue weighted by atomic mass is 9.55. The fraction of sp³-hybridized carbons (Fsp3) is 0.608. The molecular formula is C74H106N15O16P. The minimum Gasteiger partial charge on any atom is -0.480 e. The Balaban J connectivity index is 1.09. The van der Waals surface area contributed by atoms with Crippen molar-refractivity contribution in [2.75, 3.05) is 32.8 Å². The number of carbonyl (C=O) groups is 8. The number of aryl methyl sites for hydroxylation is 2. The van der Waals surface area contributed by atoms with Gasteiger partial charge in [-0.25, -0.2) is 9.55 Å². The molecule has 8 bridgehead atoms. The topological polar surface area (TPSA) is 499 Å². The van der Waals surface area contributed by atoms with E-state index in [-0.39, 0.29) is 96.2 Å². The molecule has 15 atom stereocenters. The SMILES string of the molecule is C/C1=C2N=C(/C=C3\N/C(=C(/C)C4=N[C@@](C)([C@@H]5N=C1[C@](C)(CCC(=O)NC[C@@H](C)OP(=O)(O)O[C@@H]1[C@H](CO)OC(n6cnc7cc(C)c(C)cc76)[C@@H]1O)[C@H]5CC(N)=O)[C@@](C)(CC(N)=O)[C@@H]4CCC(N)=O)[C@@](C)(CC(=O)NCCCCN(CC(=O)O)Cc1ccccn1)[C@@H]3CCC(N)=O)C(C)(C)[C@@H]/2CCC(N)=O. The van der Waals surface area contributed by atoms with Crippen LogP contribution >= 0.6 is 7.82 Å². The Hall–Kier alpha value is -8.42. The quantitative estimate of drug-likeness (QED) is 0.0284. The number of aliphatic hydroxyl groups excluding tert-OH is 2. The van der Waals surface area contributed by atoms with Crippen molar-refractivity contribution in [3.63, 3.8) is 0 Å². The molecule has 0 spiro atoms. The summed E-state index contributed by atoms with van der Waals surface area (Å²) in [4.78, 5) is 147. The van der Waals surface area contributed by atoms with E-state index < -0.39 is 143 Å². The van der Waals surface area contributed by atoms with E-state index in [2.05, 4.69) is 25.9 Å². The molecule has 32 heteroatoms. The number of nitrogens with two attached hydrogens (primary N) is 5. The number of aliphatic hydroxyl groups is 2. The monoisotopic (exact) mass is 1490 g/mol. The highest BCUT2D eigenvalue weighted by molar-refractivity contribution is 7.47. The summed E-state index contributed by atoms with van der Waals surface area (Å²) in [6.07, 6.45) is -1.91. The number of ether oxygens (including phenoxy) is 1. The molecule has 578 valence electrons. The highest BCUT2D eigenvalue weighted by Gasteiger charge is 2.66. The molecule has 17 N–H and O–H groups in total. The average molecular weight is 1490 g/mol. The number of imidazole rings is 1. The number of hydrogen-bond acceptors (Lipinski definition) is 21. The van der Waals surface area contributed by atoms with E-state index in [0.29, 0.717) is 88.0 Å². The summed E-state index contributed by atoms with van der Waals surface area (Å²) in [6.45, 7) is 20.0. The molecule has 6 aliphatic rings. The number of allylic oxidation sites excluding steroid dienone is 6. The molecule has 106 heavy (non-hydrogen) atoms. The maximum atomic E-state index is 14.9. The molecule has 31 nitrogen and oxygen atoms in total. The first-order chi connectivity index (χ1) is 49.7. The van der Waals surface area contributed by atoms with Crippen LogP contribution in [0.4, 0.5) is 0 Å². The number of aliphatic imine (C=N–C) groups is 3. The van der Waals surface area contributed by atoms with Crippen LogP contribution in [0, 0.1) is 59.2 Å². The Morgan fingerprint density at radius 2 is 1.46 bits per heavy atom. The number of amides is 7. The summed E-state index contributed by atoms with van der Waals surface area (Å²) in [7, 11) is -5.10. The molecule has 8 heterocycles. The summed E-state index contributed by atoms with van der Waals surface area (Å²) in [5, 5.41) is 41.3. The molecule has 0 saturated carbocycles. The van der Waals surface area contributed by atoms with Gasteiger partial charge in [0.05, 0.1) is 53.9 Å². The van der Waals surface area contributed by atoms with Crippen molar-refractivity contribution in [2.24, 2.45) is 89.0 Å². The molecule has 2 fully saturated rings. The molecule has 9 rings (SSSR count). The number of carboxylic acid groups (broad SMARTS) is 1. The van der Waals surface area contributed by atoms with Gasteiger partial charge in [0, 0.05) is 150 Å². The number of nitrogens with zero attached hydrogens (tertiary/aromatic N) is 7. The van der Waals surface area contributed by atoms with Crippen LogP contribution in [0.1, 0.15) is 169 Å². The number of carboxylic acids is 1. The van der Waals surface area contributed by atoms with Gasteiger partial charge in [-0.15, -0.1) is 0 Å². The fourth-order valence-corrected chi connectivity index (χ4v) is 18.4. The van der Waals surface area contributed by atoms with Gasteiger partial charge in [-0.1, -0.05) is 40.7 Å². The largest absolute Gasteiger partial charge is 0.480 e. The number of phosphoric acid groups is 1. The summed E-state index contributed by atoms with van der Waals surface area (Å²) >= 11 is 0. The maximum absolute atomic E-state index is 14.9. The number of nitrogens with one attached hydrogen (secondary N) is 3. The number of fused-ring (bicyclic) bond motifs is 7. The van der Waals surface area contributed by atoms with Crippen molar-refractivity contribution in [1.29, 1.82) is 0 Å². The van der Waals surface area contributed by atoms with Crippen LogP contribution in [0.2, 0.25) is 0 Å². The van der Waals surface area contributed by atoms with Gasteiger partial charge < -0.3 is 74.1 Å². The Morgan fingerprint density at radius 1 is 0.802 bits per heavy atom. The normalized spacial score (nSPS) is 30.8. The van der Waals surface area contributed by atoms with Crippen LogP contribution in [0.3, 0.4) is 0 Å². The minimum absolute atomic E-state index is 0.0351. The number of aromatic nitrogens is 3. The lowest BCUT2D eigenvalue weighted by molar-refractivity contribution is -0.138. The molecule has 2 saturated heterocycles. The second-order valence-electron chi connectivity index (χ2n) is 31.1. The fourth-order valence-electron chi connectivity index (χ4n) is 17.3. The Bertz CT molecular complexity index is 4170. The van der Waals surface area contributed by atoms with Gasteiger partial charge in [0.2, 0.25) is 41.4 Å². The zero-order chi connectivity index (χ0) is 77.9. The maximum Gasteiger partial charge on any atom is 0.472 e. The van der Waals surface area contributed by atoms with E-state index in [1.807, 2.05) is 99.6 Å². The Labute approximate surface area is 617 Å². The van der Waals surface area contributed by atoms with Crippen molar-refractivity contribution in [1.82, 2.24) is 35.4 Å². The first kappa shape index (κ1) is 81.7. The van der Waals surface area contributed by atoms with Crippen LogP contribution in [0.5, 0.6) is 0 Å². The third-order valence-corrected chi connectivity index (χ3v) is 24.4. The zero-order valence-electron chi connectivity index (χ0n) is 62.5. The molecule has 6 aliphatic heterocycles. The van der Waals surface area contributed by atoms with Crippen molar-refractivity contribution < 1.29 is 76.9 Å². The lowest BCUT2D eigenvalue weighted by Crippen LogP contribution is -2.56. The number of rotatable bonds is 35. The second kappa shape index (κ2) is 32.6. The summed E-state index contributed by atoms with van der Waals surface area (Å²) < 4.78 is 32.5. The van der Waals surface area contributed by atoms with Gasteiger partial charge in [-0.2, -0.15) is 0 Å². The number of phosphoric ester groups is 1. The van der Waals surface area contributed by atoms with Gasteiger partial charge in [-0.3, -0.25) is 72.3 Å². The van der Waals surface area contributed by atoms with Gasteiger partial charge in [0.25, 0.3) is 0 Å². The van der Waals surface area contributed by atoms with Gasteiger partial charge in [0.15, 0.2) is 6.23 Å². The van der Waals surface area contributed by atoms with Crippen LogP contribution in [0.15, 0.2) is 92.1 Å². The number of carbonyl (C=O) groups excluding carboxylic acids is 7. The van der Waals surface area contributed by atoms with Crippen LogP contribution in [-0.4, -0.2) is 173 Å². The van der Waals surface area contributed by atoms with E-state index in [1.54, 1.807) is 21.7 Å². The highest BCUT2D eigenvalue weighted by atomic mass is 31.2. The van der Waals surface area contributed by atoms with Crippen LogP contribution < -0.4 is 44.6 Å². The van der Waals surface area contributed by atoms with Crippen molar-refractivity contribution in [3.8, 4) is 0 Å². The first-order valence-corrected chi connectivity index (χ1v) is 37.7. The number of benzene rings is 1. The molecule has 7 amide bonds. The predicted octanol–water partition coefficient (Wildman–Crippen LogP) is 4.56. The smallest absolute Gasteiger partial charge is 0.472 e. The van der Waals surface area contributed by atoms with Crippen molar-refractivity contribution in [3.05, 3.63) is 94.0 Å². The third-order valence-electron chi connectivity index (χ3n) is 23.3. The minimum atomic E-state index is -5.10. The number of unbranched alkanes of at least 4 members (excludes halogenated alkanes) is 1. The Morgan fingerprint density at radius 3 is 2.08 bits per heavy atom.